The van der Waals surface area contributed by atoms with Gasteiger partial charge in [-0.2, -0.15) is 0 Å². The number of benzene rings is 2. The minimum atomic E-state index is -0.0573. The van der Waals surface area contributed by atoms with Crippen molar-refractivity contribution in [2.75, 3.05) is 33.4 Å². The van der Waals surface area contributed by atoms with Gasteiger partial charge < -0.3 is 19.7 Å². The Labute approximate surface area is 217 Å². The lowest BCUT2D eigenvalue weighted by molar-refractivity contribution is 0.0301. The molecule has 1 aliphatic carbocycles. The Kier molecular flexibility index (Phi) is 7.75. The average molecular weight is 508 g/mol. The van der Waals surface area contributed by atoms with Crippen LogP contribution in [-0.2, 0) is 4.74 Å². The number of pyridine rings is 1. The summed E-state index contributed by atoms with van der Waals surface area (Å²) in [6.07, 6.45) is 4.25. The number of carbonyl (C=O) groups excluding carboxylic acids is 1. The first-order chi connectivity index (χ1) is 17.5. The van der Waals surface area contributed by atoms with Crippen LogP contribution in [0.15, 0.2) is 48.5 Å². The summed E-state index contributed by atoms with van der Waals surface area (Å²) < 4.78 is 11.1. The van der Waals surface area contributed by atoms with Gasteiger partial charge in [-0.3, -0.25) is 4.79 Å². The van der Waals surface area contributed by atoms with Crippen molar-refractivity contribution < 1.29 is 14.3 Å². The Morgan fingerprint density at radius 2 is 1.89 bits per heavy atom. The summed E-state index contributed by atoms with van der Waals surface area (Å²) in [6, 6.07) is 16.0. The van der Waals surface area contributed by atoms with Gasteiger partial charge in [0.05, 0.1) is 23.4 Å². The highest BCUT2D eigenvalue weighted by atomic mass is 35.5. The Morgan fingerprint density at radius 1 is 1.14 bits per heavy atom. The van der Waals surface area contributed by atoms with E-state index >= 15 is 0 Å². The zero-order chi connectivity index (χ0) is 25.1. The number of ether oxygens (including phenoxy) is 2. The first-order valence-electron chi connectivity index (χ1n) is 12.9. The molecule has 2 aromatic carbocycles. The van der Waals surface area contributed by atoms with Crippen LogP contribution in [-0.4, -0.2) is 61.3 Å². The summed E-state index contributed by atoms with van der Waals surface area (Å²) in [5.41, 5.74) is 3.00. The Bertz CT molecular complexity index is 1200. The predicted octanol–water partition coefficient (Wildman–Crippen LogP) is 5.57. The molecule has 1 amide bonds. The maximum absolute atomic E-state index is 13.4. The number of amides is 1. The van der Waals surface area contributed by atoms with Gasteiger partial charge in [0.25, 0.3) is 5.91 Å². The molecular weight excluding hydrogens is 474 g/mol. The SMILES string of the molecule is CCOc1ccc(-c2cc(C(=O)NC3CC(CN(C)C4CCOCC4)C3)c3ccc(Cl)cc3n2)cc1. The van der Waals surface area contributed by atoms with Gasteiger partial charge in [-0.15, -0.1) is 0 Å². The van der Waals surface area contributed by atoms with Gasteiger partial charge in [-0.05, 0) is 88.0 Å². The molecule has 1 N–H and O–H groups in total. The van der Waals surface area contributed by atoms with Crippen molar-refractivity contribution in [3.8, 4) is 17.0 Å². The predicted molar refractivity (Wildman–Crippen MR) is 144 cm³/mol. The highest BCUT2D eigenvalue weighted by Gasteiger charge is 2.33. The molecule has 5 rings (SSSR count). The van der Waals surface area contributed by atoms with Crippen molar-refractivity contribution in [2.45, 2.75) is 44.7 Å². The van der Waals surface area contributed by atoms with Crippen molar-refractivity contribution in [3.05, 3.63) is 59.1 Å². The van der Waals surface area contributed by atoms with E-state index in [1.807, 2.05) is 55.5 Å². The van der Waals surface area contributed by atoms with Gasteiger partial charge in [0.15, 0.2) is 0 Å². The fourth-order valence-corrected chi connectivity index (χ4v) is 5.54. The first kappa shape index (κ1) is 25.0. The molecule has 0 atom stereocenters. The fourth-order valence-electron chi connectivity index (χ4n) is 5.37. The van der Waals surface area contributed by atoms with Crippen molar-refractivity contribution in [1.82, 2.24) is 15.2 Å². The number of rotatable bonds is 8. The van der Waals surface area contributed by atoms with Gasteiger partial charge in [0, 0.05) is 47.8 Å². The van der Waals surface area contributed by atoms with Gasteiger partial charge in [-0.1, -0.05) is 17.7 Å². The van der Waals surface area contributed by atoms with Crippen LogP contribution < -0.4 is 10.1 Å². The highest BCUT2D eigenvalue weighted by Crippen LogP contribution is 2.31. The normalized spacial score (nSPS) is 20.3. The van der Waals surface area contributed by atoms with E-state index < -0.39 is 0 Å². The van der Waals surface area contributed by atoms with Crippen molar-refractivity contribution >= 4 is 28.4 Å². The summed E-state index contributed by atoms with van der Waals surface area (Å²) in [7, 11) is 2.22. The lowest BCUT2D eigenvalue weighted by Crippen LogP contribution is -2.49. The summed E-state index contributed by atoms with van der Waals surface area (Å²) in [5.74, 6) is 1.37. The number of aromatic nitrogens is 1. The molecule has 0 bridgehead atoms. The standard InChI is InChI=1S/C29H34ClN3O3/c1-3-36-24-7-4-20(5-8-24)27-17-26(25-9-6-21(30)16-28(25)32-27)29(34)31-22-14-19(15-22)18-33(2)23-10-12-35-13-11-23/h4-9,16-17,19,22-23H,3,10-15,18H2,1-2H3,(H,31,34). The maximum atomic E-state index is 13.4. The number of hydrogen-bond donors (Lipinski definition) is 1. The fraction of sp³-hybridized carbons (Fsp3) is 0.448. The molecule has 3 aromatic rings. The van der Waals surface area contributed by atoms with Crippen LogP contribution in [0.1, 0.15) is 43.0 Å². The zero-order valence-corrected chi connectivity index (χ0v) is 21.8. The summed E-state index contributed by atoms with van der Waals surface area (Å²) >= 11 is 6.27. The molecular formula is C29H34ClN3O3. The molecule has 1 aromatic heterocycles. The van der Waals surface area contributed by atoms with Crippen molar-refractivity contribution in [2.24, 2.45) is 5.92 Å². The Hall–Kier alpha value is -2.67. The highest BCUT2D eigenvalue weighted by molar-refractivity contribution is 6.31. The third-order valence-electron chi connectivity index (χ3n) is 7.41. The number of nitrogens with one attached hydrogen (secondary N) is 1. The number of hydrogen-bond acceptors (Lipinski definition) is 5. The minimum absolute atomic E-state index is 0.0573. The maximum Gasteiger partial charge on any atom is 0.252 e. The van der Waals surface area contributed by atoms with Gasteiger partial charge in [0.1, 0.15) is 5.75 Å². The lowest BCUT2D eigenvalue weighted by atomic mass is 9.79. The third kappa shape index (κ3) is 5.66. The largest absolute Gasteiger partial charge is 0.494 e. The molecule has 0 unspecified atom stereocenters. The lowest BCUT2D eigenvalue weighted by Gasteiger charge is -2.40. The van der Waals surface area contributed by atoms with Gasteiger partial charge >= 0.3 is 0 Å². The third-order valence-corrected chi connectivity index (χ3v) is 7.64. The number of fused-ring (bicyclic) bond motifs is 1. The quantitative estimate of drug-likeness (QED) is 0.431. The van der Waals surface area contributed by atoms with E-state index in [0.717, 1.165) is 67.8 Å². The Balaban J connectivity index is 1.29. The summed E-state index contributed by atoms with van der Waals surface area (Å²) in [5, 5.41) is 4.67. The van der Waals surface area contributed by atoms with Gasteiger partial charge in [0.2, 0.25) is 0 Å². The van der Waals surface area contributed by atoms with Crippen LogP contribution in [0.2, 0.25) is 5.02 Å². The molecule has 1 saturated heterocycles. The minimum Gasteiger partial charge on any atom is -0.494 e. The molecule has 0 radical (unpaired) electrons. The van der Waals surface area contributed by atoms with E-state index in [1.54, 1.807) is 0 Å². The average Bonchev–Trinajstić information content (AvgIpc) is 2.87. The molecule has 36 heavy (non-hydrogen) atoms. The van der Waals surface area contributed by atoms with Crippen molar-refractivity contribution in [3.63, 3.8) is 0 Å². The van der Waals surface area contributed by atoms with Crippen LogP contribution in [0.5, 0.6) is 5.75 Å². The molecule has 1 saturated carbocycles. The van der Waals surface area contributed by atoms with E-state index in [0.29, 0.717) is 34.7 Å². The topological polar surface area (TPSA) is 63.7 Å². The smallest absolute Gasteiger partial charge is 0.252 e. The van der Waals surface area contributed by atoms with Gasteiger partial charge in [-0.25, -0.2) is 4.98 Å². The van der Waals surface area contributed by atoms with E-state index in [9.17, 15) is 4.79 Å². The summed E-state index contributed by atoms with van der Waals surface area (Å²) in [4.78, 5) is 20.7. The monoisotopic (exact) mass is 507 g/mol. The van der Waals surface area contributed by atoms with E-state index in [4.69, 9.17) is 26.1 Å². The zero-order valence-electron chi connectivity index (χ0n) is 21.0. The summed E-state index contributed by atoms with van der Waals surface area (Å²) in [6.45, 7) is 5.38. The van der Waals surface area contributed by atoms with Crippen LogP contribution in [0, 0.1) is 5.92 Å². The van der Waals surface area contributed by atoms with Crippen LogP contribution in [0.25, 0.3) is 22.2 Å². The number of carbonyl (C=O) groups is 1. The second-order valence-electron chi connectivity index (χ2n) is 9.96. The first-order valence-corrected chi connectivity index (χ1v) is 13.3. The molecule has 2 fully saturated rings. The second-order valence-corrected chi connectivity index (χ2v) is 10.4. The van der Waals surface area contributed by atoms with E-state index in [1.165, 1.54) is 0 Å². The van der Waals surface area contributed by atoms with E-state index in [2.05, 4.69) is 17.3 Å². The van der Waals surface area contributed by atoms with Crippen molar-refractivity contribution in [1.29, 1.82) is 0 Å². The molecule has 190 valence electrons. The Morgan fingerprint density at radius 3 is 2.61 bits per heavy atom. The number of nitrogens with zero attached hydrogens (tertiary/aromatic N) is 2. The van der Waals surface area contributed by atoms with Crippen LogP contribution in [0.3, 0.4) is 0 Å². The molecule has 7 heteroatoms. The second kappa shape index (κ2) is 11.2. The van der Waals surface area contributed by atoms with Crippen LogP contribution in [0.4, 0.5) is 0 Å². The van der Waals surface area contributed by atoms with E-state index in [-0.39, 0.29) is 11.9 Å². The molecule has 2 heterocycles. The molecule has 1 aliphatic heterocycles. The van der Waals surface area contributed by atoms with Crippen LogP contribution >= 0.6 is 11.6 Å². The molecule has 0 spiro atoms. The molecule has 2 aliphatic rings. The molecule has 6 nitrogen and oxygen atoms in total. The number of halogens is 1.